The maximum atomic E-state index is 12.6. The number of carboxylic acid groups (broad SMARTS) is 1. The number of carboxylic acids is 1. The lowest BCUT2D eigenvalue weighted by molar-refractivity contribution is -0.148. The quantitative estimate of drug-likeness (QED) is 0.570. The second kappa shape index (κ2) is 8.03. The highest BCUT2D eigenvalue weighted by molar-refractivity contribution is 5.93. The molecule has 0 aromatic heterocycles. The molecule has 3 rings (SSSR count). The molecule has 3 unspecified atom stereocenters. The first kappa shape index (κ1) is 18.6. The number of hydrogen-bond acceptors (Lipinski definition) is 5. The van der Waals surface area contributed by atoms with Crippen molar-refractivity contribution >= 4 is 23.7 Å². The second-order valence-corrected chi connectivity index (χ2v) is 7.14. The van der Waals surface area contributed by atoms with Crippen LogP contribution in [0.4, 0.5) is 0 Å². The van der Waals surface area contributed by atoms with E-state index in [0.29, 0.717) is 32.4 Å². The van der Waals surface area contributed by atoms with Crippen molar-refractivity contribution in [2.45, 2.75) is 56.7 Å². The Morgan fingerprint density at radius 1 is 0.962 bits per heavy atom. The zero-order chi connectivity index (χ0) is 18.7. The van der Waals surface area contributed by atoms with Crippen LogP contribution < -0.4 is 10.6 Å². The number of aliphatic carboxylic acids is 1. The van der Waals surface area contributed by atoms with E-state index < -0.39 is 24.0 Å². The summed E-state index contributed by atoms with van der Waals surface area (Å²) in [5.74, 6) is -1.79. The van der Waals surface area contributed by atoms with Crippen LogP contribution in [0.15, 0.2) is 0 Å². The van der Waals surface area contributed by atoms with Gasteiger partial charge in [-0.2, -0.15) is 0 Å². The summed E-state index contributed by atoms with van der Waals surface area (Å²) in [6, 6.07) is -1.57. The number of carbonyl (C=O) groups is 4. The molecule has 26 heavy (non-hydrogen) atoms. The molecule has 3 aliphatic rings. The van der Waals surface area contributed by atoms with E-state index in [0.717, 1.165) is 25.8 Å². The Bertz CT molecular complexity index is 590. The highest BCUT2D eigenvalue weighted by Crippen LogP contribution is 2.21. The van der Waals surface area contributed by atoms with Crippen LogP contribution in [0, 0.1) is 0 Å². The van der Waals surface area contributed by atoms with E-state index in [1.807, 2.05) is 0 Å². The van der Waals surface area contributed by atoms with Crippen LogP contribution in [0.1, 0.15) is 38.5 Å². The van der Waals surface area contributed by atoms with Crippen molar-refractivity contribution in [1.29, 1.82) is 0 Å². The molecule has 0 radical (unpaired) electrons. The first-order chi connectivity index (χ1) is 12.5. The third-order valence-electron chi connectivity index (χ3n) is 5.47. The van der Waals surface area contributed by atoms with Crippen molar-refractivity contribution in [3.63, 3.8) is 0 Å². The van der Waals surface area contributed by atoms with Gasteiger partial charge in [0.25, 0.3) is 0 Å². The van der Waals surface area contributed by atoms with E-state index in [2.05, 4.69) is 10.6 Å². The topological polar surface area (TPSA) is 119 Å². The van der Waals surface area contributed by atoms with E-state index >= 15 is 0 Å². The lowest BCUT2D eigenvalue weighted by Gasteiger charge is -2.27. The molecule has 3 fully saturated rings. The number of likely N-dealkylation sites (tertiary alicyclic amines) is 2. The molecule has 0 saturated carbocycles. The van der Waals surface area contributed by atoms with Gasteiger partial charge >= 0.3 is 5.97 Å². The monoisotopic (exact) mass is 366 g/mol. The molecule has 3 atom stereocenters. The van der Waals surface area contributed by atoms with Gasteiger partial charge in [-0.25, -0.2) is 4.79 Å². The van der Waals surface area contributed by atoms with Crippen molar-refractivity contribution in [3.8, 4) is 0 Å². The summed E-state index contributed by atoms with van der Waals surface area (Å²) in [5.41, 5.74) is 0. The molecule has 0 aromatic carbocycles. The minimum Gasteiger partial charge on any atom is -0.480 e. The summed E-state index contributed by atoms with van der Waals surface area (Å²) < 4.78 is 0. The smallest absolute Gasteiger partial charge is 0.326 e. The highest BCUT2D eigenvalue weighted by Gasteiger charge is 2.38. The Balaban J connectivity index is 1.53. The van der Waals surface area contributed by atoms with Crippen molar-refractivity contribution in [2.75, 3.05) is 26.2 Å². The number of carbonyl (C=O) groups excluding carboxylic acids is 3. The SMILES string of the molecule is O=C(O)C1CCCN1C(=O)CNC(=O)C1CCCN1C(=O)C1CCCN1. The van der Waals surface area contributed by atoms with Gasteiger partial charge in [0.15, 0.2) is 0 Å². The Morgan fingerprint density at radius 2 is 1.65 bits per heavy atom. The normalized spacial score (nSPS) is 28.4. The van der Waals surface area contributed by atoms with Gasteiger partial charge in [0.2, 0.25) is 17.7 Å². The molecule has 0 aliphatic carbocycles. The van der Waals surface area contributed by atoms with Crippen molar-refractivity contribution in [1.82, 2.24) is 20.4 Å². The second-order valence-electron chi connectivity index (χ2n) is 7.14. The lowest BCUT2D eigenvalue weighted by Crippen LogP contribution is -2.52. The Labute approximate surface area is 152 Å². The summed E-state index contributed by atoms with van der Waals surface area (Å²) in [6.45, 7) is 1.53. The molecule has 9 nitrogen and oxygen atoms in total. The molecule has 3 saturated heterocycles. The van der Waals surface area contributed by atoms with Crippen molar-refractivity contribution in [2.24, 2.45) is 0 Å². The van der Waals surface area contributed by atoms with E-state index in [1.165, 1.54) is 4.90 Å². The molecule has 3 heterocycles. The molecule has 9 heteroatoms. The number of amides is 3. The Kier molecular flexibility index (Phi) is 5.75. The van der Waals surface area contributed by atoms with Crippen molar-refractivity contribution in [3.05, 3.63) is 0 Å². The molecule has 3 amide bonds. The Morgan fingerprint density at radius 3 is 2.31 bits per heavy atom. The third-order valence-corrected chi connectivity index (χ3v) is 5.47. The molecular weight excluding hydrogens is 340 g/mol. The van der Waals surface area contributed by atoms with E-state index in [9.17, 15) is 19.2 Å². The lowest BCUT2D eigenvalue weighted by atomic mass is 10.1. The van der Waals surface area contributed by atoms with Gasteiger partial charge in [0.05, 0.1) is 12.6 Å². The van der Waals surface area contributed by atoms with Crippen LogP contribution in [-0.4, -0.2) is 82.9 Å². The zero-order valence-electron chi connectivity index (χ0n) is 14.8. The standard InChI is InChI=1S/C17H26N4O5/c22-14(20-8-3-6-13(20)17(25)26)10-19-15(23)12-5-2-9-21(12)16(24)11-4-1-7-18-11/h11-13,18H,1-10H2,(H,19,23)(H,25,26). The van der Waals surface area contributed by atoms with Crippen LogP contribution >= 0.6 is 0 Å². The van der Waals surface area contributed by atoms with E-state index in [4.69, 9.17) is 5.11 Å². The van der Waals surface area contributed by atoms with Gasteiger partial charge in [-0.05, 0) is 45.1 Å². The van der Waals surface area contributed by atoms with Crippen LogP contribution in [0.3, 0.4) is 0 Å². The number of hydrogen-bond donors (Lipinski definition) is 3. The van der Waals surface area contributed by atoms with Gasteiger partial charge in [-0.15, -0.1) is 0 Å². The molecular formula is C17H26N4O5. The Hall–Kier alpha value is -2.16. The van der Waals surface area contributed by atoms with E-state index in [1.54, 1.807) is 4.90 Å². The maximum Gasteiger partial charge on any atom is 0.326 e. The molecule has 0 bridgehead atoms. The maximum absolute atomic E-state index is 12.6. The average Bonchev–Trinajstić information content (AvgIpc) is 3.38. The van der Waals surface area contributed by atoms with Crippen molar-refractivity contribution < 1.29 is 24.3 Å². The third kappa shape index (κ3) is 3.82. The summed E-state index contributed by atoms with van der Waals surface area (Å²) in [7, 11) is 0. The summed E-state index contributed by atoms with van der Waals surface area (Å²) in [5, 5.41) is 14.9. The fraction of sp³-hybridized carbons (Fsp3) is 0.765. The van der Waals surface area contributed by atoms with Crippen LogP contribution in [-0.2, 0) is 19.2 Å². The van der Waals surface area contributed by atoms with Gasteiger partial charge < -0.3 is 25.5 Å². The predicted octanol–water partition coefficient (Wildman–Crippen LogP) is -1.08. The zero-order valence-corrected chi connectivity index (χ0v) is 14.8. The minimum absolute atomic E-state index is 0.0445. The average molecular weight is 366 g/mol. The number of nitrogens with zero attached hydrogens (tertiary/aromatic N) is 2. The predicted molar refractivity (Wildman–Crippen MR) is 91.1 cm³/mol. The summed E-state index contributed by atoms with van der Waals surface area (Å²) in [4.78, 5) is 51.4. The fourth-order valence-corrected chi connectivity index (χ4v) is 4.10. The van der Waals surface area contributed by atoms with Gasteiger partial charge in [-0.3, -0.25) is 14.4 Å². The van der Waals surface area contributed by atoms with Gasteiger partial charge in [0, 0.05) is 13.1 Å². The minimum atomic E-state index is -1.01. The molecule has 0 spiro atoms. The van der Waals surface area contributed by atoms with E-state index in [-0.39, 0.29) is 24.4 Å². The molecule has 144 valence electrons. The molecule has 3 aliphatic heterocycles. The van der Waals surface area contributed by atoms with Crippen LogP contribution in [0.2, 0.25) is 0 Å². The molecule has 0 aromatic rings. The van der Waals surface area contributed by atoms with Gasteiger partial charge in [-0.1, -0.05) is 0 Å². The first-order valence-corrected chi connectivity index (χ1v) is 9.33. The number of nitrogens with one attached hydrogen (secondary N) is 2. The largest absolute Gasteiger partial charge is 0.480 e. The highest BCUT2D eigenvalue weighted by atomic mass is 16.4. The van der Waals surface area contributed by atoms with Crippen LogP contribution in [0.5, 0.6) is 0 Å². The fourth-order valence-electron chi connectivity index (χ4n) is 4.10. The molecule has 3 N–H and O–H groups in total. The van der Waals surface area contributed by atoms with Gasteiger partial charge in [0.1, 0.15) is 12.1 Å². The number of rotatable bonds is 5. The summed E-state index contributed by atoms with van der Waals surface area (Å²) >= 11 is 0. The first-order valence-electron chi connectivity index (χ1n) is 9.33. The summed E-state index contributed by atoms with van der Waals surface area (Å²) in [6.07, 6.45) is 4.17. The van der Waals surface area contributed by atoms with Crippen LogP contribution in [0.25, 0.3) is 0 Å².